The Bertz CT molecular complexity index is 2320. The predicted molar refractivity (Wildman–Crippen MR) is 223 cm³/mol. The van der Waals surface area contributed by atoms with Crippen LogP contribution in [-0.4, -0.2) is 77.8 Å². The number of aromatic nitrogens is 2. The van der Waals surface area contributed by atoms with Gasteiger partial charge < -0.3 is 19.7 Å². The SMILES string of the molecule is O=C(N[C@H]1CCCCC/C=C\C2C[C@@]2(C(=O)NS(=O)(=O)Cc2ccccc2)CC(=O)[C@@H]2C[C@@H](Oc3nc4ccccc4nc3-c3cccs3)CN2C1=O)OC1CCCC1. The molecule has 4 aliphatic rings. The zero-order chi connectivity index (χ0) is 41.0. The van der Waals surface area contributed by atoms with Crippen molar-refractivity contribution in [1.82, 2.24) is 24.9 Å². The predicted octanol–water partition coefficient (Wildman–Crippen LogP) is 6.88. The number of ether oxygens (including phenoxy) is 2. The molecular formula is C44H49N5O8S2. The second-order valence-electron chi connectivity index (χ2n) is 16.2. The number of fused-ring (bicyclic) bond motifs is 3. The number of nitrogens with zero attached hydrogens (tertiary/aromatic N) is 3. The molecule has 3 amide bonds. The van der Waals surface area contributed by atoms with E-state index in [4.69, 9.17) is 19.4 Å². The minimum atomic E-state index is -4.10. The third-order valence-corrected chi connectivity index (χ3v) is 14.0. The summed E-state index contributed by atoms with van der Waals surface area (Å²) >= 11 is 1.49. The van der Waals surface area contributed by atoms with E-state index >= 15 is 0 Å². The highest BCUT2D eigenvalue weighted by Gasteiger charge is 2.61. The summed E-state index contributed by atoms with van der Waals surface area (Å²) in [5, 5.41) is 4.78. The molecule has 2 saturated carbocycles. The number of para-hydroxylation sites is 2. The quantitative estimate of drug-likeness (QED) is 0.169. The minimum Gasteiger partial charge on any atom is -0.471 e. The standard InChI is InChI=1S/C44H49N5O8S2/c50-37-26-44(42(52)48-59(54,55)28-29-14-5-4-6-15-29)25-30(44)16-7-2-1-3-8-21-35(47-43(53)57-31-17-9-10-18-31)41(51)49-27-32(24-36(37)49)56-40-39(38-22-13-23-58-38)45-33-19-11-12-20-34(33)46-40/h4-7,11-16,19-20,22-23,30-32,35-36H,1-3,8-10,17-18,21,24-28H2,(H,47,53)(H,48,52)/b16-7-/t30?,32-,35+,36+,44-/m1/s1. The summed E-state index contributed by atoms with van der Waals surface area (Å²) < 4.78 is 41.2. The number of nitrogens with one attached hydrogen (secondary N) is 2. The monoisotopic (exact) mass is 839 g/mol. The van der Waals surface area contributed by atoms with E-state index in [1.165, 1.54) is 16.2 Å². The Labute approximate surface area is 348 Å². The molecule has 2 aromatic heterocycles. The number of carbonyl (C=O) groups excluding carboxylic acids is 4. The molecule has 2 aliphatic heterocycles. The number of amides is 3. The molecule has 2 N–H and O–H groups in total. The Balaban J connectivity index is 1.09. The highest BCUT2D eigenvalue weighted by Crippen LogP contribution is 2.57. The first-order chi connectivity index (χ1) is 28.6. The van der Waals surface area contributed by atoms with Gasteiger partial charge in [0, 0.05) is 12.8 Å². The molecule has 2 aliphatic carbocycles. The average Bonchev–Trinajstić information content (AvgIpc) is 3.71. The fraction of sp³-hybridized carbons (Fsp3) is 0.455. The smallest absolute Gasteiger partial charge is 0.408 e. The fourth-order valence-electron chi connectivity index (χ4n) is 8.70. The number of alkyl carbamates (subject to hydrolysis) is 1. The lowest BCUT2D eigenvalue weighted by Gasteiger charge is -2.29. The van der Waals surface area contributed by atoms with Crippen molar-refractivity contribution in [1.29, 1.82) is 0 Å². The summed E-state index contributed by atoms with van der Waals surface area (Å²) in [4.78, 5) is 68.8. The zero-order valence-electron chi connectivity index (χ0n) is 32.8. The molecule has 0 bridgehead atoms. The molecule has 59 heavy (non-hydrogen) atoms. The maximum atomic E-state index is 14.7. The number of Topliss-reactive ketones (excluding diaryl/α,β-unsaturated/α-hetero) is 1. The number of thiophene rings is 1. The molecule has 1 saturated heterocycles. The fourth-order valence-corrected chi connectivity index (χ4v) is 10.6. The van der Waals surface area contributed by atoms with Crippen LogP contribution in [0, 0.1) is 11.3 Å². The van der Waals surface area contributed by atoms with Gasteiger partial charge in [-0.2, -0.15) is 0 Å². The minimum absolute atomic E-state index is 0.0114. The van der Waals surface area contributed by atoms with Crippen molar-refractivity contribution in [2.45, 2.75) is 107 Å². The second-order valence-corrected chi connectivity index (χ2v) is 18.9. The number of sulfonamides is 1. The molecule has 0 spiro atoms. The molecule has 3 fully saturated rings. The van der Waals surface area contributed by atoms with Crippen LogP contribution in [0.5, 0.6) is 5.88 Å². The molecule has 5 atom stereocenters. The summed E-state index contributed by atoms with van der Waals surface area (Å²) in [5.74, 6) is -2.05. The van der Waals surface area contributed by atoms with Gasteiger partial charge in [-0.15, -0.1) is 11.3 Å². The first-order valence-electron chi connectivity index (χ1n) is 20.6. The van der Waals surface area contributed by atoms with E-state index in [0.29, 0.717) is 41.6 Å². The highest BCUT2D eigenvalue weighted by molar-refractivity contribution is 7.89. The van der Waals surface area contributed by atoms with E-state index in [9.17, 15) is 27.6 Å². The average molecular weight is 840 g/mol. The molecule has 4 aromatic rings. The largest absolute Gasteiger partial charge is 0.471 e. The maximum absolute atomic E-state index is 14.7. The lowest BCUT2D eigenvalue weighted by Crippen LogP contribution is -2.52. The lowest BCUT2D eigenvalue weighted by molar-refractivity contribution is -0.140. The van der Waals surface area contributed by atoms with Crippen molar-refractivity contribution >= 4 is 56.1 Å². The summed E-state index contributed by atoms with van der Waals surface area (Å²) in [6.45, 7) is 0.0114. The van der Waals surface area contributed by atoms with E-state index in [1.54, 1.807) is 30.3 Å². The molecular weight excluding hydrogens is 791 g/mol. The van der Waals surface area contributed by atoms with Gasteiger partial charge in [-0.1, -0.05) is 73.5 Å². The number of rotatable bonds is 9. The first kappa shape index (κ1) is 40.6. The van der Waals surface area contributed by atoms with Crippen molar-refractivity contribution < 1.29 is 37.1 Å². The number of ketones is 1. The van der Waals surface area contributed by atoms with Crippen LogP contribution in [0.2, 0.25) is 0 Å². The van der Waals surface area contributed by atoms with Crippen LogP contribution < -0.4 is 14.8 Å². The Morgan fingerprint density at radius 2 is 1.63 bits per heavy atom. The first-order valence-corrected chi connectivity index (χ1v) is 23.1. The number of allylic oxidation sites excluding steroid dienone is 2. The van der Waals surface area contributed by atoms with Gasteiger partial charge in [0.15, 0.2) is 5.78 Å². The third-order valence-electron chi connectivity index (χ3n) is 11.9. The summed E-state index contributed by atoms with van der Waals surface area (Å²) in [7, 11) is -4.10. The van der Waals surface area contributed by atoms with Gasteiger partial charge in [-0.25, -0.2) is 23.2 Å². The van der Waals surface area contributed by atoms with Crippen LogP contribution >= 0.6 is 11.3 Å². The van der Waals surface area contributed by atoms with Crippen molar-refractivity contribution in [2.24, 2.45) is 11.3 Å². The van der Waals surface area contributed by atoms with Gasteiger partial charge in [0.2, 0.25) is 27.7 Å². The molecule has 1 unspecified atom stereocenters. The van der Waals surface area contributed by atoms with Crippen LogP contribution in [0.25, 0.3) is 21.6 Å². The Kier molecular flexibility index (Phi) is 12.1. The summed E-state index contributed by atoms with van der Waals surface area (Å²) in [6.07, 6.45) is 9.23. The Hall–Kier alpha value is -5.15. The van der Waals surface area contributed by atoms with E-state index in [2.05, 4.69) is 10.0 Å². The van der Waals surface area contributed by atoms with Crippen LogP contribution in [0.4, 0.5) is 4.79 Å². The van der Waals surface area contributed by atoms with Crippen molar-refractivity contribution in [2.75, 3.05) is 6.54 Å². The highest BCUT2D eigenvalue weighted by atomic mass is 32.2. The number of hydrogen-bond acceptors (Lipinski definition) is 11. The van der Waals surface area contributed by atoms with Gasteiger partial charge in [0.1, 0.15) is 23.9 Å². The van der Waals surface area contributed by atoms with Crippen LogP contribution in [-0.2, 0) is 34.9 Å². The van der Waals surface area contributed by atoms with Crippen molar-refractivity contribution in [3.8, 4) is 16.5 Å². The summed E-state index contributed by atoms with van der Waals surface area (Å²) in [5.41, 5.74) is 1.05. The van der Waals surface area contributed by atoms with E-state index in [-0.39, 0.29) is 49.5 Å². The molecule has 2 aromatic carbocycles. The van der Waals surface area contributed by atoms with E-state index in [1.807, 2.05) is 53.9 Å². The number of carbonyl (C=O) groups is 4. The number of hydrogen-bond donors (Lipinski definition) is 2. The van der Waals surface area contributed by atoms with Gasteiger partial charge in [0.05, 0.1) is 39.7 Å². The van der Waals surface area contributed by atoms with Gasteiger partial charge >= 0.3 is 6.09 Å². The van der Waals surface area contributed by atoms with E-state index < -0.39 is 57.3 Å². The molecule has 8 rings (SSSR count). The molecule has 4 heterocycles. The van der Waals surface area contributed by atoms with Crippen molar-refractivity contribution in [3.05, 3.63) is 89.8 Å². The Morgan fingerprint density at radius 3 is 2.39 bits per heavy atom. The molecule has 13 nitrogen and oxygen atoms in total. The Morgan fingerprint density at radius 1 is 0.881 bits per heavy atom. The van der Waals surface area contributed by atoms with Crippen LogP contribution in [0.15, 0.2) is 84.3 Å². The maximum Gasteiger partial charge on any atom is 0.408 e. The van der Waals surface area contributed by atoms with Crippen molar-refractivity contribution in [3.63, 3.8) is 0 Å². The third kappa shape index (κ3) is 9.51. The topological polar surface area (TPSA) is 174 Å². The van der Waals surface area contributed by atoms with Gasteiger partial charge in [0.25, 0.3) is 0 Å². The molecule has 0 radical (unpaired) electrons. The lowest BCUT2D eigenvalue weighted by atomic mass is 9.91. The second kappa shape index (κ2) is 17.6. The van der Waals surface area contributed by atoms with Crippen LogP contribution in [0.3, 0.4) is 0 Å². The zero-order valence-corrected chi connectivity index (χ0v) is 34.4. The molecule has 15 heteroatoms. The van der Waals surface area contributed by atoms with Gasteiger partial charge in [-0.3, -0.25) is 19.1 Å². The van der Waals surface area contributed by atoms with Gasteiger partial charge in [-0.05, 0) is 86.4 Å². The van der Waals surface area contributed by atoms with Crippen LogP contribution in [0.1, 0.15) is 82.6 Å². The molecule has 310 valence electrons. The summed E-state index contributed by atoms with van der Waals surface area (Å²) in [6, 6.07) is 17.9. The normalized spacial score (nSPS) is 25.9. The number of benzene rings is 2. The van der Waals surface area contributed by atoms with E-state index in [0.717, 1.165) is 43.4 Å².